The Morgan fingerprint density at radius 1 is 1.25 bits per heavy atom. The molecule has 0 rings (SSSR count). The molecule has 2 atom stereocenters. The molecule has 0 aliphatic heterocycles. The van der Waals surface area contributed by atoms with Crippen LogP contribution in [0, 0.1) is 0 Å². The van der Waals surface area contributed by atoms with Crippen LogP contribution >= 0.6 is 12.4 Å². The highest BCUT2D eigenvalue weighted by Crippen LogP contribution is 2.03. The van der Waals surface area contributed by atoms with E-state index in [2.05, 4.69) is 4.74 Å². The van der Waals surface area contributed by atoms with Gasteiger partial charge in [-0.2, -0.15) is 0 Å². The third-order valence-corrected chi connectivity index (χ3v) is 1.87. The molecule has 0 heterocycles. The monoisotopic (exact) mass is 255 g/mol. The number of amides is 2. The molecule has 8 heteroatoms. The molecule has 0 fully saturated rings. The van der Waals surface area contributed by atoms with Crippen molar-refractivity contribution in [3.05, 3.63) is 0 Å². The summed E-state index contributed by atoms with van der Waals surface area (Å²) in [5.41, 5.74) is 15.1. The molecule has 0 aromatic rings. The standard InChI is InChI=1S/C8H17N3O4.ClH/c9-5(6(12)7(10)13)3-1-2-4-15-8(11)14;/h5-6,12H,1-4,9H2,(H2,10,13)(H2,11,14);1H. The zero-order valence-electron chi connectivity index (χ0n) is 8.80. The lowest BCUT2D eigenvalue weighted by Crippen LogP contribution is -2.43. The SMILES string of the molecule is Cl.NC(=O)OCCCCC(N)C(O)C(N)=O. The second-order valence-electron chi connectivity index (χ2n) is 3.17. The van der Waals surface area contributed by atoms with E-state index in [9.17, 15) is 9.59 Å². The van der Waals surface area contributed by atoms with Crippen molar-refractivity contribution in [3.63, 3.8) is 0 Å². The number of primary amides is 2. The molecule has 7 nitrogen and oxygen atoms in total. The molecule has 7 N–H and O–H groups in total. The highest BCUT2D eigenvalue weighted by molar-refractivity contribution is 5.85. The van der Waals surface area contributed by atoms with Crippen LogP contribution in [0.3, 0.4) is 0 Å². The van der Waals surface area contributed by atoms with E-state index in [1.54, 1.807) is 0 Å². The second-order valence-corrected chi connectivity index (χ2v) is 3.17. The lowest BCUT2D eigenvalue weighted by Gasteiger charge is -2.15. The first-order valence-electron chi connectivity index (χ1n) is 4.60. The molecule has 0 aromatic carbocycles. The summed E-state index contributed by atoms with van der Waals surface area (Å²) in [5, 5.41) is 9.13. The summed E-state index contributed by atoms with van der Waals surface area (Å²) in [6.07, 6.45) is -0.550. The van der Waals surface area contributed by atoms with E-state index in [0.29, 0.717) is 19.3 Å². The Kier molecular flexibility index (Phi) is 9.97. The van der Waals surface area contributed by atoms with Crippen molar-refractivity contribution >= 4 is 24.4 Å². The zero-order valence-corrected chi connectivity index (χ0v) is 9.61. The third kappa shape index (κ3) is 8.27. The van der Waals surface area contributed by atoms with Gasteiger partial charge in [-0.05, 0) is 19.3 Å². The normalized spacial score (nSPS) is 13.4. The van der Waals surface area contributed by atoms with E-state index in [1.165, 1.54) is 0 Å². The van der Waals surface area contributed by atoms with Crippen molar-refractivity contribution in [1.82, 2.24) is 0 Å². The second kappa shape index (κ2) is 9.20. The number of carbonyl (C=O) groups excluding carboxylic acids is 2. The van der Waals surface area contributed by atoms with Gasteiger partial charge in [0.25, 0.3) is 0 Å². The number of carbonyl (C=O) groups is 2. The van der Waals surface area contributed by atoms with Crippen LogP contribution < -0.4 is 17.2 Å². The van der Waals surface area contributed by atoms with Gasteiger partial charge >= 0.3 is 6.09 Å². The van der Waals surface area contributed by atoms with Crippen molar-refractivity contribution in [2.24, 2.45) is 17.2 Å². The number of hydrogen-bond acceptors (Lipinski definition) is 5. The van der Waals surface area contributed by atoms with Crippen LogP contribution in [0.1, 0.15) is 19.3 Å². The topological polar surface area (TPSA) is 142 Å². The Hall–Kier alpha value is -1.05. The van der Waals surface area contributed by atoms with Gasteiger partial charge in [-0.1, -0.05) is 0 Å². The first-order valence-corrected chi connectivity index (χ1v) is 4.60. The fourth-order valence-corrected chi connectivity index (χ4v) is 1.02. The minimum atomic E-state index is -1.33. The molecule has 0 saturated heterocycles. The summed E-state index contributed by atoms with van der Waals surface area (Å²) in [6.45, 7) is 0.203. The van der Waals surface area contributed by atoms with Crippen LogP contribution in [-0.4, -0.2) is 35.9 Å². The molecule has 0 radical (unpaired) electrons. The summed E-state index contributed by atoms with van der Waals surface area (Å²) < 4.78 is 4.48. The van der Waals surface area contributed by atoms with E-state index in [4.69, 9.17) is 22.3 Å². The molecule has 0 saturated carbocycles. The first kappa shape index (κ1) is 17.3. The van der Waals surface area contributed by atoms with Crippen LogP contribution in [0.15, 0.2) is 0 Å². The Bertz CT molecular complexity index is 227. The molecular weight excluding hydrogens is 238 g/mol. The largest absolute Gasteiger partial charge is 0.450 e. The van der Waals surface area contributed by atoms with Gasteiger partial charge in [0.15, 0.2) is 0 Å². The van der Waals surface area contributed by atoms with Crippen LogP contribution in [0.2, 0.25) is 0 Å². The quantitative estimate of drug-likeness (QED) is 0.425. The Morgan fingerprint density at radius 2 is 1.81 bits per heavy atom. The summed E-state index contributed by atoms with van der Waals surface area (Å²) in [6, 6.07) is -0.684. The lowest BCUT2D eigenvalue weighted by atomic mass is 10.0. The maximum Gasteiger partial charge on any atom is 0.404 e. The average Bonchev–Trinajstić information content (AvgIpc) is 2.15. The minimum Gasteiger partial charge on any atom is -0.450 e. The number of ether oxygens (including phenoxy) is 1. The van der Waals surface area contributed by atoms with E-state index in [1.807, 2.05) is 0 Å². The predicted molar refractivity (Wildman–Crippen MR) is 59.8 cm³/mol. The van der Waals surface area contributed by atoms with Crippen LogP contribution in [0.4, 0.5) is 4.79 Å². The summed E-state index contributed by atoms with van der Waals surface area (Å²) in [5.74, 6) is -0.837. The van der Waals surface area contributed by atoms with Gasteiger partial charge in [-0.15, -0.1) is 12.4 Å². The van der Waals surface area contributed by atoms with E-state index in [-0.39, 0.29) is 19.0 Å². The summed E-state index contributed by atoms with van der Waals surface area (Å²) in [4.78, 5) is 20.7. The molecule has 0 bridgehead atoms. The van der Waals surface area contributed by atoms with Crippen molar-refractivity contribution < 1.29 is 19.4 Å². The molecule has 16 heavy (non-hydrogen) atoms. The zero-order chi connectivity index (χ0) is 11.8. The van der Waals surface area contributed by atoms with Crippen molar-refractivity contribution in [1.29, 1.82) is 0 Å². The maximum absolute atomic E-state index is 10.5. The van der Waals surface area contributed by atoms with Gasteiger partial charge in [0.1, 0.15) is 6.10 Å². The van der Waals surface area contributed by atoms with E-state index >= 15 is 0 Å². The van der Waals surface area contributed by atoms with Crippen molar-refractivity contribution in [2.75, 3.05) is 6.61 Å². The summed E-state index contributed by atoms with van der Waals surface area (Å²) >= 11 is 0. The van der Waals surface area contributed by atoms with Gasteiger partial charge in [0.2, 0.25) is 5.91 Å². The van der Waals surface area contributed by atoms with Gasteiger partial charge in [-0.25, -0.2) is 4.79 Å². The molecule has 0 spiro atoms. The number of nitrogens with two attached hydrogens (primary N) is 3. The lowest BCUT2D eigenvalue weighted by molar-refractivity contribution is -0.127. The highest BCUT2D eigenvalue weighted by Gasteiger charge is 2.19. The average molecular weight is 256 g/mol. The fourth-order valence-electron chi connectivity index (χ4n) is 1.02. The number of unbranched alkanes of at least 4 members (excludes halogenated alkanes) is 1. The van der Waals surface area contributed by atoms with Crippen molar-refractivity contribution in [3.8, 4) is 0 Å². The predicted octanol–water partition coefficient (Wildman–Crippen LogP) is -1.15. The fraction of sp³-hybridized carbons (Fsp3) is 0.750. The smallest absolute Gasteiger partial charge is 0.404 e. The molecule has 2 unspecified atom stereocenters. The number of rotatable bonds is 7. The van der Waals surface area contributed by atoms with Gasteiger partial charge in [0.05, 0.1) is 6.61 Å². The van der Waals surface area contributed by atoms with Crippen LogP contribution in [0.5, 0.6) is 0 Å². The van der Waals surface area contributed by atoms with E-state index in [0.717, 1.165) is 0 Å². The van der Waals surface area contributed by atoms with Crippen LogP contribution in [0.25, 0.3) is 0 Å². The molecule has 0 aromatic heterocycles. The Morgan fingerprint density at radius 3 is 2.25 bits per heavy atom. The first-order chi connectivity index (χ1) is 6.95. The van der Waals surface area contributed by atoms with Gasteiger partial charge in [-0.3, -0.25) is 4.79 Å². The van der Waals surface area contributed by atoms with Gasteiger partial charge < -0.3 is 27.0 Å². The van der Waals surface area contributed by atoms with Gasteiger partial charge in [0, 0.05) is 6.04 Å². The van der Waals surface area contributed by atoms with Crippen LogP contribution in [-0.2, 0) is 9.53 Å². The van der Waals surface area contributed by atoms with Crippen molar-refractivity contribution in [2.45, 2.75) is 31.4 Å². The number of aliphatic hydroxyl groups excluding tert-OH is 1. The number of aliphatic hydroxyl groups is 1. The summed E-state index contributed by atoms with van der Waals surface area (Å²) in [7, 11) is 0. The highest BCUT2D eigenvalue weighted by atomic mass is 35.5. The Balaban J connectivity index is 0. The molecule has 0 aliphatic carbocycles. The maximum atomic E-state index is 10.5. The third-order valence-electron chi connectivity index (χ3n) is 1.87. The number of halogens is 1. The molecule has 0 aliphatic rings. The molecule has 96 valence electrons. The molecular formula is C8H18ClN3O4. The number of hydrogen-bond donors (Lipinski definition) is 4. The minimum absolute atomic E-state index is 0. The molecule has 2 amide bonds. The van der Waals surface area contributed by atoms with E-state index < -0.39 is 24.1 Å². The Labute approximate surface area is 99.7 Å².